The van der Waals surface area contributed by atoms with Crippen LogP contribution in [0.5, 0.6) is 11.5 Å². The minimum absolute atomic E-state index is 0.177. The van der Waals surface area contributed by atoms with Gasteiger partial charge in [0.1, 0.15) is 17.6 Å². The van der Waals surface area contributed by atoms with Gasteiger partial charge in [-0.2, -0.15) is 5.10 Å². The molecule has 5 nitrogen and oxygen atoms in total. The number of methoxy groups -OCH3 is 1. The van der Waals surface area contributed by atoms with Crippen LogP contribution in [0.15, 0.2) is 30.6 Å². The number of fused-ring (bicyclic) bond motifs is 1. The van der Waals surface area contributed by atoms with Crippen LogP contribution < -0.4 is 9.47 Å². The van der Waals surface area contributed by atoms with E-state index in [1.165, 1.54) is 0 Å². The third kappa shape index (κ3) is 2.17. The molecule has 3 rings (SSSR count). The van der Waals surface area contributed by atoms with Gasteiger partial charge in [0.25, 0.3) is 0 Å². The van der Waals surface area contributed by atoms with Gasteiger partial charge in [0.2, 0.25) is 0 Å². The predicted molar refractivity (Wildman–Crippen MR) is 69.1 cm³/mol. The number of aromatic nitrogens is 2. The van der Waals surface area contributed by atoms with Gasteiger partial charge < -0.3 is 14.6 Å². The maximum Gasteiger partial charge on any atom is 0.130 e. The third-order valence-electron chi connectivity index (χ3n) is 3.38. The quantitative estimate of drug-likeness (QED) is 0.897. The maximum atomic E-state index is 10.2. The molecular weight excluding hydrogens is 244 g/mol. The van der Waals surface area contributed by atoms with E-state index in [-0.39, 0.29) is 6.10 Å². The van der Waals surface area contributed by atoms with Crippen molar-refractivity contribution < 1.29 is 14.6 Å². The van der Waals surface area contributed by atoms with Gasteiger partial charge in [-0.25, -0.2) is 0 Å². The minimum Gasteiger partial charge on any atom is -0.497 e. The second-order valence-electron chi connectivity index (χ2n) is 4.71. The standard InChI is InChI=1S/C14H16N2O3/c1-16-8-9(7-15-16)13-6-12(17)11-4-3-10(18-2)5-14(11)19-13/h3-5,7-8,12-13,17H,6H2,1-2H3/t12-,13?/m0/s1. The Morgan fingerprint density at radius 1 is 1.47 bits per heavy atom. The number of ether oxygens (including phenoxy) is 2. The molecule has 0 aliphatic carbocycles. The third-order valence-corrected chi connectivity index (χ3v) is 3.38. The van der Waals surface area contributed by atoms with Gasteiger partial charge in [-0.3, -0.25) is 4.68 Å². The number of rotatable bonds is 2. The Labute approximate surface area is 111 Å². The second-order valence-corrected chi connectivity index (χ2v) is 4.71. The van der Waals surface area contributed by atoms with E-state index in [0.717, 1.165) is 16.9 Å². The molecule has 0 spiro atoms. The van der Waals surface area contributed by atoms with Crippen LogP contribution in [-0.4, -0.2) is 22.0 Å². The van der Waals surface area contributed by atoms with Crippen LogP contribution in [0.2, 0.25) is 0 Å². The van der Waals surface area contributed by atoms with Gasteiger partial charge in [0, 0.05) is 36.9 Å². The molecular formula is C14H16N2O3. The molecule has 1 aliphatic heterocycles. The first-order valence-corrected chi connectivity index (χ1v) is 6.18. The summed E-state index contributed by atoms with van der Waals surface area (Å²) in [6, 6.07) is 5.48. The average molecular weight is 260 g/mol. The van der Waals surface area contributed by atoms with Crippen molar-refractivity contribution in [1.82, 2.24) is 9.78 Å². The SMILES string of the molecule is COc1ccc2c(c1)OC(c1cnn(C)c1)C[C@@H]2O. The number of aliphatic hydroxyl groups excluding tert-OH is 1. The van der Waals surface area contributed by atoms with Crippen LogP contribution >= 0.6 is 0 Å². The molecule has 2 aromatic rings. The lowest BCUT2D eigenvalue weighted by Crippen LogP contribution is -2.18. The molecule has 19 heavy (non-hydrogen) atoms. The number of aliphatic hydroxyl groups is 1. The normalized spacial score (nSPS) is 21.6. The molecule has 0 amide bonds. The summed E-state index contributed by atoms with van der Waals surface area (Å²) in [5.41, 5.74) is 1.77. The summed E-state index contributed by atoms with van der Waals surface area (Å²) in [7, 11) is 3.47. The summed E-state index contributed by atoms with van der Waals surface area (Å²) in [6.07, 6.45) is 3.50. The van der Waals surface area contributed by atoms with Crippen molar-refractivity contribution in [3.63, 3.8) is 0 Å². The van der Waals surface area contributed by atoms with Crippen LogP contribution in [0.4, 0.5) is 0 Å². The van der Waals surface area contributed by atoms with E-state index in [4.69, 9.17) is 9.47 Å². The Kier molecular flexibility index (Phi) is 2.91. The van der Waals surface area contributed by atoms with Crippen molar-refractivity contribution in [2.45, 2.75) is 18.6 Å². The first-order valence-electron chi connectivity index (χ1n) is 6.18. The molecule has 0 fully saturated rings. The Morgan fingerprint density at radius 2 is 2.32 bits per heavy atom. The van der Waals surface area contributed by atoms with E-state index in [1.54, 1.807) is 24.1 Å². The van der Waals surface area contributed by atoms with Gasteiger partial charge in [-0.15, -0.1) is 0 Å². The van der Waals surface area contributed by atoms with Crippen molar-refractivity contribution >= 4 is 0 Å². The fourth-order valence-corrected chi connectivity index (χ4v) is 2.36. The molecule has 1 unspecified atom stereocenters. The molecule has 100 valence electrons. The number of nitrogens with zero attached hydrogens (tertiary/aromatic N) is 2. The Bertz CT molecular complexity index is 594. The van der Waals surface area contributed by atoms with Crippen molar-refractivity contribution in [2.75, 3.05) is 7.11 Å². The van der Waals surface area contributed by atoms with E-state index in [1.807, 2.05) is 25.4 Å². The average Bonchev–Trinajstić information content (AvgIpc) is 2.84. The highest BCUT2D eigenvalue weighted by atomic mass is 16.5. The Balaban J connectivity index is 1.93. The highest BCUT2D eigenvalue weighted by Crippen LogP contribution is 2.42. The van der Waals surface area contributed by atoms with Crippen LogP contribution in [0.3, 0.4) is 0 Å². The number of hydrogen-bond acceptors (Lipinski definition) is 4. The zero-order valence-electron chi connectivity index (χ0n) is 10.9. The molecule has 5 heteroatoms. The predicted octanol–water partition coefficient (Wildman–Crippen LogP) is 1.99. The van der Waals surface area contributed by atoms with Gasteiger partial charge >= 0.3 is 0 Å². The van der Waals surface area contributed by atoms with E-state index < -0.39 is 6.10 Å². The second kappa shape index (κ2) is 4.59. The van der Waals surface area contributed by atoms with Crippen molar-refractivity contribution in [2.24, 2.45) is 7.05 Å². The van der Waals surface area contributed by atoms with E-state index >= 15 is 0 Å². The summed E-state index contributed by atoms with van der Waals surface area (Å²) in [5.74, 6) is 1.39. The smallest absolute Gasteiger partial charge is 0.130 e. The summed E-state index contributed by atoms with van der Waals surface area (Å²) in [6.45, 7) is 0. The summed E-state index contributed by atoms with van der Waals surface area (Å²) < 4.78 is 12.9. The van der Waals surface area contributed by atoms with Crippen LogP contribution in [0.25, 0.3) is 0 Å². The minimum atomic E-state index is -0.528. The molecule has 0 radical (unpaired) electrons. The zero-order chi connectivity index (χ0) is 13.4. The van der Waals surface area contributed by atoms with Crippen LogP contribution in [0, 0.1) is 0 Å². The molecule has 2 heterocycles. The van der Waals surface area contributed by atoms with Gasteiger partial charge in [-0.05, 0) is 12.1 Å². The fourth-order valence-electron chi connectivity index (χ4n) is 2.36. The molecule has 2 atom stereocenters. The monoisotopic (exact) mass is 260 g/mol. The Morgan fingerprint density at radius 3 is 3.00 bits per heavy atom. The van der Waals surface area contributed by atoms with Gasteiger partial charge in [0.05, 0.1) is 19.4 Å². The van der Waals surface area contributed by atoms with Gasteiger partial charge in [-0.1, -0.05) is 0 Å². The molecule has 1 aromatic heterocycles. The lowest BCUT2D eigenvalue weighted by atomic mass is 9.96. The summed E-state index contributed by atoms with van der Waals surface area (Å²) in [5, 5.41) is 14.4. The first-order chi connectivity index (χ1) is 9.17. The highest BCUT2D eigenvalue weighted by Gasteiger charge is 2.29. The van der Waals surface area contributed by atoms with E-state index in [9.17, 15) is 5.11 Å². The van der Waals surface area contributed by atoms with Gasteiger partial charge in [0.15, 0.2) is 0 Å². The molecule has 1 aromatic carbocycles. The fraction of sp³-hybridized carbons (Fsp3) is 0.357. The molecule has 1 aliphatic rings. The molecule has 0 saturated heterocycles. The maximum absolute atomic E-state index is 10.2. The number of benzene rings is 1. The highest BCUT2D eigenvalue weighted by molar-refractivity contribution is 5.43. The van der Waals surface area contributed by atoms with Crippen molar-refractivity contribution in [3.05, 3.63) is 41.7 Å². The molecule has 0 bridgehead atoms. The lowest BCUT2D eigenvalue weighted by molar-refractivity contribution is 0.0654. The zero-order valence-corrected chi connectivity index (χ0v) is 10.9. The number of hydrogen-bond donors (Lipinski definition) is 1. The van der Waals surface area contributed by atoms with Crippen molar-refractivity contribution in [1.29, 1.82) is 0 Å². The first kappa shape index (κ1) is 12.0. The summed E-state index contributed by atoms with van der Waals surface area (Å²) in [4.78, 5) is 0. The topological polar surface area (TPSA) is 56.5 Å². The molecule has 1 N–H and O–H groups in total. The van der Waals surface area contributed by atoms with Crippen LogP contribution in [-0.2, 0) is 7.05 Å². The molecule has 0 saturated carbocycles. The summed E-state index contributed by atoms with van der Waals surface area (Å²) >= 11 is 0. The largest absolute Gasteiger partial charge is 0.497 e. The lowest BCUT2D eigenvalue weighted by Gasteiger charge is -2.29. The van der Waals surface area contributed by atoms with Crippen molar-refractivity contribution in [3.8, 4) is 11.5 Å². The Hall–Kier alpha value is -2.01. The van der Waals surface area contributed by atoms with Crippen LogP contribution in [0.1, 0.15) is 29.8 Å². The number of aryl methyl sites for hydroxylation is 1. The van der Waals surface area contributed by atoms with E-state index in [0.29, 0.717) is 12.2 Å². The van der Waals surface area contributed by atoms with E-state index in [2.05, 4.69) is 5.10 Å².